The van der Waals surface area contributed by atoms with Gasteiger partial charge in [0.05, 0.1) is 5.69 Å². The number of rotatable bonds is 8. The number of pyridine rings is 1. The third-order valence-corrected chi connectivity index (χ3v) is 4.91. The zero-order chi connectivity index (χ0) is 21.5. The molecule has 0 radical (unpaired) electrons. The number of carbonyl (C=O) groups excluding carboxylic acids is 1. The van der Waals surface area contributed by atoms with E-state index in [1.54, 1.807) is 30.7 Å². The number of hydrogen-bond donors (Lipinski definition) is 1. The van der Waals surface area contributed by atoms with Crippen LogP contribution in [0.25, 0.3) is 23.0 Å². The van der Waals surface area contributed by atoms with E-state index in [0.717, 1.165) is 41.3 Å². The summed E-state index contributed by atoms with van der Waals surface area (Å²) in [4.78, 5) is 20.7. The lowest BCUT2D eigenvalue weighted by Gasteiger charge is -2.05. The van der Waals surface area contributed by atoms with Crippen molar-refractivity contribution in [1.29, 1.82) is 0 Å². The van der Waals surface area contributed by atoms with Crippen molar-refractivity contribution in [2.24, 2.45) is 0 Å². The van der Waals surface area contributed by atoms with Gasteiger partial charge in [-0.15, -0.1) is 0 Å². The van der Waals surface area contributed by atoms with Crippen LogP contribution in [-0.2, 0) is 11.3 Å². The van der Waals surface area contributed by atoms with E-state index >= 15 is 0 Å². The summed E-state index contributed by atoms with van der Waals surface area (Å²) in [7, 11) is 0. The Bertz CT molecular complexity index is 1160. The third kappa shape index (κ3) is 5.14. The third-order valence-electron chi connectivity index (χ3n) is 4.91. The van der Waals surface area contributed by atoms with Gasteiger partial charge in [0.25, 0.3) is 0 Å². The summed E-state index contributed by atoms with van der Waals surface area (Å²) in [6.07, 6.45) is 13.3. The number of nitrogens with one attached hydrogen (secondary N) is 1. The first kappa shape index (κ1) is 20.3. The molecule has 156 valence electrons. The Morgan fingerprint density at radius 3 is 2.74 bits per heavy atom. The molecule has 1 amide bonds. The van der Waals surface area contributed by atoms with Crippen LogP contribution in [0.4, 0.5) is 0 Å². The Balaban J connectivity index is 1.45. The van der Waals surface area contributed by atoms with Crippen LogP contribution >= 0.6 is 0 Å². The van der Waals surface area contributed by atoms with Crippen molar-refractivity contribution < 1.29 is 4.79 Å². The van der Waals surface area contributed by atoms with Crippen molar-refractivity contribution in [2.75, 3.05) is 6.54 Å². The van der Waals surface area contributed by atoms with Crippen LogP contribution in [0, 0.1) is 6.92 Å². The lowest BCUT2D eigenvalue weighted by Crippen LogP contribution is -2.23. The molecule has 0 bridgehead atoms. The van der Waals surface area contributed by atoms with Crippen molar-refractivity contribution in [3.05, 3.63) is 90.9 Å². The molecule has 7 nitrogen and oxygen atoms in total. The van der Waals surface area contributed by atoms with Gasteiger partial charge in [0.15, 0.2) is 0 Å². The van der Waals surface area contributed by atoms with Gasteiger partial charge in [0.2, 0.25) is 5.91 Å². The number of aromatic nitrogens is 5. The highest BCUT2D eigenvalue weighted by molar-refractivity contribution is 5.92. The molecule has 3 heterocycles. The fraction of sp³-hybridized carbons (Fsp3) is 0.167. The lowest BCUT2D eigenvalue weighted by atomic mass is 10.1. The van der Waals surface area contributed by atoms with Crippen LogP contribution in [0.3, 0.4) is 0 Å². The van der Waals surface area contributed by atoms with E-state index in [1.807, 2.05) is 66.5 Å². The first-order valence-electron chi connectivity index (χ1n) is 10.2. The molecule has 0 aliphatic carbocycles. The number of hydrogen-bond acceptors (Lipinski definition) is 4. The molecule has 31 heavy (non-hydrogen) atoms. The van der Waals surface area contributed by atoms with Gasteiger partial charge in [-0.1, -0.05) is 18.2 Å². The number of para-hydroxylation sites is 1. The summed E-state index contributed by atoms with van der Waals surface area (Å²) >= 11 is 0. The van der Waals surface area contributed by atoms with Gasteiger partial charge < -0.3 is 9.88 Å². The number of imidazole rings is 1. The highest BCUT2D eigenvalue weighted by Gasteiger charge is 2.11. The predicted octanol–water partition coefficient (Wildman–Crippen LogP) is 3.66. The van der Waals surface area contributed by atoms with Crippen LogP contribution in [0.2, 0.25) is 0 Å². The van der Waals surface area contributed by atoms with Crippen molar-refractivity contribution in [1.82, 2.24) is 29.6 Å². The first-order chi connectivity index (χ1) is 15.2. The Morgan fingerprint density at radius 1 is 1.13 bits per heavy atom. The van der Waals surface area contributed by atoms with Gasteiger partial charge in [0.1, 0.15) is 11.5 Å². The number of nitrogens with zero attached hydrogens (tertiary/aromatic N) is 5. The quantitative estimate of drug-likeness (QED) is 0.354. The average molecular weight is 412 g/mol. The molecule has 1 N–H and O–H groups in total. The van der Waals surface area contributed by atoms with Gasteiger partial charge in [-0.25, -0.2) is 9.67 Å². The van der Waals surface area contributed by atoms with Gasteiger partial charge in [-0.05, 0) is 43.7 Å². The molecule has 0 unspecified atom stereocenters. The molecule has 1 aromatic carbocycles. The molecule has 0 saturated carbocycles. The first-order valence-corrected chi connectivity index (χ1v) is 10.2. The SMILES string of the molecule is Cc1nccn1CCCNC(=O)/C=C/c1cn(-c2ccccc2)nc1-c1cccnc1. The molecule has 3 aromatic heterocycles. The van der Waals surface area contributed by atoms with Crippen LogP contribution in [0.5, 0.6) is 0 Å². The van der Waals surface area contributed by atoms with Gasteiger partial charge >= 0.3 is 0 Å². The highest BCUT2D eigenvalue weighted by atomic mass is 16.1. The van der Waals surface area contributed by atoms with Crippen molar-refractivity contribution in [3.8, 4) is 16.9 Å². The van der Waals surface area contributed by atoms with Crippen LogP contribution in [-0.4, -0.2) is 36.8 Å². The van der Waals surface area contributed by atoms with E-state index in [0.29, 0.717) is 6.54 Å². The summed E-state index contributed by atoms with van der Waals surface area (Å²) in [5.41, 5.74) is 3.47. The standard InChI is InChI=1S/C24H24N6O/c1-19-26-14-16-29(19)15-6-13-27-23(31)11-10-21-18-30(22-8-3-2-4-9-22)28-24(21)20-7-5-12-25-17-20/h2-5,7-12,14,16-18H,6,13,15H2,1H3,(H,27,31)/b11-10+. The van der Waals surface area contributed by atoms with E-state index in [9.17, 15) is 4.79 Å². The molecule has 0 saturated heterocycles. The van der Waals surface area contributed by atoms with E-state index in [2.05, 4.69) is 19.9 Å². The molecule has 0 spiro atoms. The second-order valence-electron chi connectivity index (χ2n) is 7.10. The lowest BCUT2D eigenvalue weighted by molar-refractivity contribution is -0.116. The molecule has 0 atom stereocenters. The fourth-order valence-electron chi connectivity index (χ4n) is 3.27. The smallest absolute Gasteiger partial charge is 0.244 e. The van der Waals surface area contributed by atoms with E-state index in [-0.39, 0.29) is 5.91 Å². The number of benzene rings is 1. The van der Waals surface area contributed by atoms with Crippen LogP contribution in [0.15, 0.2) is 79.5 Å². The number of amides is 1. The number of aryl methyl sites for hydroxylation is 2. The van der Waals surface area contributed by atoms with Gasteiger partial charge in [0, 0.05) is 61.3 Å². The summed E-state index contributed by atoms with van der Waals surface area (Å²) in [5.74, 6) is 0.844. The minimum absolute atomic E-state index is 0.132. The second kappa shape index (κ2) is 9.67. The molecule has 0 fully saturated rings. The van der Waals surface area contributed by atoms with Gasteiger partial charge in [-0.3, -0.25) is 9.78 Å². The molecule has 0 aliphatic heterocycles. The normalized spacial score (nSPS) is 11.1. The summed E-state index contributed by atoms with van der Waals surface area (Å²) in [6, 6.07) is 13.7. The Hall–Kier alpha value is -4.00. The van der Waals surface area contributed by atoms with Crippen molar-refractivity contribution >= 4 is 12.0 Å². The van der Waals surface area contributed by atoms with Crippen LogP contribution in [0.1, 0.15) is 17.8 Å². The zero-order valence-corrected chi connectivity index (χ0v) is 17.3. The molecule has 0 aliphatic rings. The van der Waals surface area contributed by atoms with Gasteiger partial charge in [-0.2, -0.15) is 5.10 Å². The predicted molar refractivity (Wildman–Crippen MR) is 120 cm³/mol. The van der Waals surface area contributed by atoms with E-state index in [4.69, 9.17) is 5.10 Å². The maximum absolute atomic E-state index is 12.3. The largest absolute Gasteiger partial charge is 0.352 e. The average Bonchev–Trinajstić information content (AvgIpc) is 3.43. The van der Waals surface area contributed by atoms with E-state index < -0.39 is 0 Å². The van der Waals surface area contributed by atoms with E-state index in [1.165, 1.54) is 0 Å². The summed E-state index contributed by atoms with van der Waals surface area (Å²) in [5, 5.41) is 7.66. The second-order valence-corrected chi connectivity index (χ2v) is 7.10. The van der Waals surface area contributed by atoms with Crippen LogP contribution < -0.4 is 5.32 Å². The highest BCUT2D eigenvalue weighted by Crippen LogP contribution is 2.24. The minimum atomic E-state index is -0.132. The molecule has 7 heteroatoms. The minimum Gasteiger partial charge on any atom is -0.352 e. The maximum Gasteiger partial charge on any atom is 0.244 e. The maximum atomic E-state index is 12.3. The monoisotopic (exact) mass is 412 g/mol. The summed E-state index contributed by atoms with van der Waals surface area (Å²) in [6.45, 7) is 3.39. The van der Waals surface area contributed by atoms with Crippen molar-refractivity contribution in [2.45, 2.75) is 19.9 Å². The molecule has 4 rings (SSSR count). The Labute approximate surface area is 181 Å². The number of carbonyl (C=O) groups is 1. The zero-order valence-electron chi connectivity index (χ0n) is 17.3. The Morgan fingerprint density at radius 2 is 2.00 bits per heavy atom. The topological polar surface area (TPSA) is 77.6 Å². The molecular weight excluding hydrogens is 388 g/mol. The Kier molecular flexibility index (Phi) is 6.32. The molecule has 4 aromatic rings. The summed E-state index contributed by atoms with van der Waals surface area (Å²) < 4.78 is 3.88. The van der Waals surface area contributed by atoms with Crippen molar-refractivity contribution in [3.63, 3.8) is 0 Å². The fourth-order valence-corrected chi connectivity index (χ4v) is 3.27. The molecular formula is C24H24N6O.